The Morgan fingerprint density at radius 2 is 1.86 bits per heavy atom. The number of anilines is 1. The third-order valence-electron chi connectivity index (χ3n) is 4.11. The van der Waals surface area contributed by atoms with Crippen molar-refractivity contribution in [2.24, 2.45) is 0 Å². The van der Waals surface area contributed by atoms with Crippen LogP contribution in [0.4, 0.5) is 5.95 Å². The summed E-state index contributed by atoms with van der Waals surface area (Å²) in [5, 5.41) is 1.00. The molecular weight excluding hydrogens is 264 g/mol. The molecule has 5 heteroatoms. The zero-order chi connectivity index (χ0) is 14.2. The summed E-state index contributed by atoms with van der Waals surface area (Å²) in [7, 11) is 0. The lowest BCUT2D eigenvalue weighted by Crippen LogP contribution is -2.07. The van der Waals surface area contributed by atoms with Crippen LogP contribution in [0, 0.1) is 0 Å². The molecule has 0 saturated heterocycles. The second-order valence-corrected chi connectivity index (χ2v) is 5.50. The molecule has 2 N–H and O–H groups in total. The molecule has 4 rings (SSSR count). The van der Waals surface area contributed by atoms with E-state index in [1.807, 2.05) is 24.3 Å². The molecule has 0 bridgehead atoms. The van der Waals surface area contributed by atoms with Gasteiger partial charge >= 0.3 is 0 Å². The highest BCUT2D eigenvalue weighted by atomic mass is 16.3. The summed E-state index contributed by atoms with van der Waals surface area (Å²) >= 11 is 0. The number of aromatic nitrogens is 3. The van der Waals surface area contributed by atoms with Crippen LogP contribution < -0.4 is 5.73 Å². The third kappa shape index (κ3) is 2.14. The van der Waals surface area contributed by atoms with Crippen LogP contribution >= 0.6 is 0 Å². The van der Waals surface area contributed by atoms with E-state index in [1.54, 1.807) is 6.26 Å². The molecule has 0 aliphatic heterocycles. The maximum atomic E-state index is 5.88. The molecular formula is C16H16N4O. The minimum atomic E-state index is 0.284. The molecule has 1 aliphatic carbocycles. The highest BCUT2D eigenvalue weighted by molar-refractivity contribution is 5.91. The molecule has 1 aliphatic rings. The summed E-state index contributed by atoms with van der Waals surface area (Å²) < 4.78 is 5.57. The predicted octanol–water partition coefficient (Wildman–Crippen LogP) is 3.52. The van der Waals surface area contributed by atoms with Gasteiger partial charge in [0.25, 0.3) is 0 Å². The van der Waals surface area contributed by atoms with Crippen LogP contribution in [0.1, 0.15) is 37.4 Å². The lowest BCUT2D eigenvalue weighted by molar-refractivity contribution is 0.616. The smallest absolute Gasteiger partial charge is 0.223 e. The maximum absolute atomic E-state index is 5.88. The molecule has 2 aromatic heterocycles. The number of para-hydroxylation sites is 1. The van der Waals surface area contributed by atoms with Crippen molar-refractivity contribution in [2.75, 3.05) is 5.73 Å². The highest BCUT2D eigenvalue weighted by Crippen LogP contribution is 2.34. The Hall–Kier alpha value is -2.43. The second kappa shape index (κ2) is 4.84. The van der Waals surface area contributed by atoms with Crippen molar-refractivity contribution in [3.8, 4) is 11.4 Å². The standard InChI is InChI=1S/C16H16N4O/c17-16-19-14(10-5-1-2-6-10)18-15(20-16)12-9-21-13-8-4-3-7-11(12)13/h3-4,7-10H,1-2,5-6H2,(H2,17,18,19,20). The number of rotatable bonds is 2. The van der Waals surface area contributed by atoms with Crippen molar-refractivity contribution in [1.29, 1.82) is 0 Å². The van der Waals surface area contributed by atoms with E-state index in [0.717, 1.165) is 35.2 Å². The fourth-order valence-corrected chi connectivity index (χ4v) is 3.05. The summed E-state index contributed by atoms with van der Waals surface area (Å²) in [4.78, 5) is 13.3. The second-order valence-electron chi connectivity index (χ2n) is 5.50. The van der Waals surface area contributed by atoms with Crippen molar-refractivity contribution in [3.63, 3.8) is 0 Å². The average Bonchev–Trinajstić information content (AvgIpc) is 3.16. The van der Waals surface area contributed by atoms with Gasteiger partial charge in [0.15, 0.2) is 5.82 Å². The molecule has 0 atom stereocenters. The van der Waals surface area contributed by atoms with Crippen LogP contribution in [-0.4, -0.2) is 15.0 Å². The van der Waals surface area contributed by atoms with Crippen molar-refractivity contribution >= 4 is 16.9 Å². The monoisotopic (exact) mass is 280 g/mol. The lowest BCUT2D eigenvalue weighted by Gasteiger charge is -2.09. The molecule has 1 aromatic carbocycles. The van der Waals surface area contributed by atoms with Crippen LogP contribution in [0.15, 0.2) is 34.9 Å². The molecule has 2 heterocycles. The summed E-state index contributed by atoms with van der Waals surface area (Å²) in [6.45, 7) is 0. The Balaban J connectivity index is 1.84. The van der Waals surface area contributed by atoms with Crippen molar-refractivity contribution in [1.82, 2.24) is 15.0 Å². The predicted molar refractivity (Wildman–Crippen MR) is 80.7 cm³/mol. The van der Waals surface area contributed by atoms with Gasteiger partial charge in [0, 0.05) is 11.3 Å². The fraction of sp³-hybridized carbons (Fsp3) is 0.312. The minimum absolute atomic E-state index is 0.284. The van der Waals surface area contributed by atoms with E-state index in [1.165, 1.54) is 12.8 Å². The summed E-state index contributed by atoms with van der Waals surface area (Å²) in [6.07, 6.45) is 6.43. The van der Waals surface area contributed by atoms with Gasteiger partial charge in [0.2, 0.25) is 5.95 Å². The minimum Gasteiger partial charge on any atom is -0.464 e. The molecule has 1 fully saturated rings. The van der Waals surface area contributed by atoms with Crippen LogP contribution in [-0.2, 0) is 0 Å². The molecule has 3 aromatic rings. The first-order valence-corrected chi connectivity index (χ1v) is 7.29. The van der Waals surface area contributed by atoms with Gasteiger partial charge in [0.1, 0.15) is 17.7 Å². The quantitative estimate of drug-likeness (QED) is 0.777. The highest BCUT2D eigenvalue weighted by Gasteiger charge is 2.22. The molecule has 0 unspecified atom stereocenters. The van der Waals surface area contributed by atoms with Gasteiger partial charge < -0.3 is 10.2 Å². The average molecular weight is 280 g/mol. The molecule has 21 heavy (non-hydrogen) atoms. The number of nitrogens with zero attached hydrogens (tertiary/aromatic N) is 3. The van der Waals surface area contributed by atoms with E-state index in [4.69, 9.17) is 10.2 Å². The van der Waals surface area contributed by atoms with E-state index in [2.05, 4.69) is 15.0 Å². The SMILES string of the molecule is Nc1nc(-c2coc3ccccc23)nc(C2CCCC2)n1. The van der Waals surface area contributed by atoms with E-state index >= 15 is 0 Å². The number of hydrogen-bond acceptors (Lipinski definition) is 5. The zero-order valence-electron chi connectivity index (χ0n) is 11.6. The third-order valence-corrected chi connectivity index (χ3v) is 4.11. The molecule has 106 valence electrons. The summed E-state index contributed by atoms with van der Waals surface area (Å²) in [6, 6.07) is 7.86. The first-order chi connectivity index (χ1) is 10.3. The number of hydrogen-bond donors (Lipinski definition) is 1. The van der Waals surface area contributed by atoms with Crippen LogP contribution in [0.3, 0.4) is 0 Å². The molecule has 1 saturated carbocycles. The van der Waals surface area contributed by atoms with Crippen molar-refractivity contribution in [3.05, 3.63) is 36.4 Å². The van der Waals surface area contributed by atoms with Gasteiger partial charge in [-0.1, -0.05) is 31.0 Å². The van der Waals surface area contributed by atoms with Gasteiger partial charge in [-0.15, -0.1) is 0 Å². The van der Waals surface area contributed by atoms with Crippen LogP contribution in [0.25, 0.3) is 22.4 Å². The molecule has 0 amide bonds. The molecule has 5 nitrogen and oxygen atoms in total. The first kappa shape index (κ1) is 12.3. The molecule has 0 radical (unpaired) electrons. The van der Waals surface area contributed by atoms with Crippen molar-refractivity contribution < 1.29 is 4.42 Å². The number of nitrogen functional groups attached to an aromatic ring is 1. The number of benzene rings is 1. The number of fused-ring (bicyclic) bond motifs is 1. The molecule has 0 spiro atoms. The Bertz CT molecular complexity index is 790. The van der Waals surface area contributed by atoms with Gasteiger partial charge in [-0.2, -0.15) is 9.97 Å². The fourth-order valence-electron chi connectivity index (χ4n) is 3.05. The Labute approximate surface area is 122 Å². The van der Waals surface area contributed by atoms with E-state index in [0.29, 0.717) is 11.7 Å². The normalized spacial score (nSPS) is 15.8. The van der Waals surface area contributed by atoms with Crippen molar-refractivity contribution in [2.45, 2.75) is 31.6 Å². The largest absolute Gasteiger partial charge is 0.464 e. The van der Waals surface area contributed by atoms with Crippen LogP contribution in [0.5, 0.6) is 0 Å². The van der Waals surface area contributed by atoms with Gasteiger partial charge in [-0.05, 0) is 18.9 Å². The summed E-state index contributed by atoms with van der Waals surface area (Å²) in [5.74, 6) is 2.12. The zero-order valence-corrected chi connectivity index (χ0v) is 11.6. The topological polar surface area (TPSA) is 77.8 Å². The Morgan fingerprint density at radius 1 is 1.05 bits per heavy atom. The lowest BCUT2D eigenvalue weighted by atomic mass is 10.1. The van der Waals surface area contributed by atoms with E-state index in [9.17, 15) is 0 Å². The first-order valence-electron chi connectivity index (χ1n) is 7.29. The van der Waals surface area contributed by atoms with Gasteiger partial charge in [-0.25, -0.2) is 4.98 Å². The van der Waals surface area contributed by atoms with Gasteiger partial charge in [-0.3, -0.25) is 0 Å². The number of nitrogens with two attached hydrogens (primary N) is 1. The Kier molecular flexibility index (Phi) is 2.84. The van der Waals surface area contributed by atoms with E-state index in [-0.39, 0.29) is 5.95 Å². The van der Waals surface area contributed by atoms with Crippen LogP contribution in [0.2, 0.25) is 0 Å². The summed E-state index contributed by atoms with van der Waals surface area (Å²) in [5.41, 5.74) is 7.59. The van der Waals surface area contributed by atoms with Gasteiger partial charge in [0.05, 0.1) is 5.56 Å². The van der Waals surface area contributed by atoms with E-state index < -0.39 is 0 Å². The maximum Gasteiger partial charge on any atom is 0.223 e. The Morgan fingerprint density at radius 3 is 2.71 bits per heavy atom. The number of furan rings is 1.